The summed E-state index contributed by atoms with van der Waals surface area (Å²) < 4.78 is 1.89. The third-order valence-corrected chi connectivity index (χ3v) is 5.48. The van der Waals surface area contributed by atoms with Gasteiger partial charge in [0.2, 0.25) is 5.95 Å². The number of aryl methyl sites for hydroxylation is 1. The van der Waals surface area contributed by atoms with Crippen molar-refractivity contribution in [3.8, 4) is 5.69 Å². The highest BCUT2D eigenvalue weighted by atomic mass is 16.3. The Morgan fingerprint density at radius 1 is 1.16 bits per heavy atom. The number of aromatic nitrogens is 5. The Morgan fingerprint density at radius 3 is 2.81 bits per heavy atom. The summed E-state index contributed by atoms with van der Waals surface area (Å²) in [5.74, 6) is 1.12. The van der Waals surface area contributed by atoms with E-state index < -0.39 is 0 Å². The summed E-state index contributed by atoms with van der Waals surface area (Å²) in [5, 5.41) is 14.3. The molecule has 9 nitrogen and oxygen atoms in total. The van der Waals surface area contributed by atoms with E-state index in [-0.39, 0.29) is 6.10 Å². The highest BCUT2D eigenvalue weighted by molar-refractivity contribution is 5.87. The summed E-state index contributed by atoms with van der Waals surface area (Å²) in [6, 6.07) is 11.9. The summed E-state index contributed by atoms with van der Waals surface area (Å²) in [7, 11) is 0. The van der Waals surface area contributed by atoms with Crippen molar-refractivity contribution >= 4 is 29.1 Å². The zero-order chi connectivity index (χ0) is 21.9. The topological polar surface area (TPSA) is 104 Å². The van der Waals surface area contributed by atoms with Crippen molar-refractivity contribution in [1.29, 1.82) is 0 Å². The fourth-order valence-electron chi connectivity index (χ4n) is 3.78. The van der Waals surface area contributed by atoms with E-state index in [0.717, 1.165) is 11.3 Å². The molecular weight excluding hydrogens is 404 g/mol. The smallest absolute Gasteiger partial charge is 0.229 e. The molecule has 1 aliphatic heterocycles. The van der Waals surface area contributed by atoms with Gasteiger partial charge in [0.25, 0.3) is 0 Å². The lowest BCUT2D eigenvalue weighted by molar-refractivity contribution is 0.145. The van der Waals surface area contributed by atoms with Crippen LogP contribution < -0.4 is 10.3 Å². The number of aliphatic hydroxyl groups excluding tert-OH is 1. The first kappa shape index (κ1) is 20.1. The lowest BCUT2D eigenvalue weighted by Crippen LogP contribution is -2.37. The maximum absolute atomic E-state index is 9.88. The Kier molecular flexibility index (Phi) is 5.47. The van der Waals surface area contributed by atoms with Crippen LogP contribution in [0.15, 0.2) is 60.2 Å². The molecule has 0 unspecified atom stereocenters. The number of nitrogens with zero attached hydrogens (tertiary/aromatic N) is 7. The van der Waals surface area contributed by atoms with Crippen molar-refractivity contribution in [3.63, 3.8) is 0 Å². The number of anilines is 2. The van der Waals surface area contributed by atoms with E-state index in [1.807, 2.05) is 41.8 Å². The molecule has 0 spiro atoms. The third kappa shape index (κ3) is 4.15. The van der Waals surface area contributed by atoms with Crippen LogP contribution in [0.2, 0.25) is 0 Å². The number of rotatable bonds is 5. The predicted octanol–water partition coefficient (Wildman–Crippen LogP) is 2.93. The Labute approximate surface area is 185 Å². The quantitative estimate of drug-likeness (QED) is 0.372. The molecule has 4 heterocycles. The number of nitrogens with one attached hydrogen (secondary N) is 1. The molecule has 1 aromatic carbocycles. The first-order chi connectivity index (χ1) is 15.7. The van der Waals surface area contributed by atoms with Gasteiger partial charge in [0.1, 0.15) is 6.33 Å². The minimum Gasteiger partial charge on any atom is -0.393 e. The van der Waals surface area contributed by atoms with Crippen LogP contribution in [0, 0.1) is 6.92 Å². The summed E-state index contributed by atoms with van der Waals surface area (Å²) in [5.41, 5.74) is 7.38. The van der Waals surface area contributed by atoms with Crippen LogP contribution >= 0.6 is 0 Å². The molecule has 32 heavy (non-hydrogen) atoms. The van der Waals surface area contributed by atoms with Gasteiger partial charge in [0, 0.05) is 19.3 Å². The average molecular weight is 429 g/mol. The maximum atomic E-state index is 9.88. The number of hydrazone groups is 1. The molecular formula is C23H24N8O. The molecule has 162 valence electrons. The first-order valence-electron chi connectivity index (χ1n) is 10.6. The molecule has 1 fully saturated rings. The molecule has 1 aliphatic rings. The Hall–Kier alpha value is -3.85. The van der Waals surface area contributed by atoms with Crippen molar-refractivity contribution < 1.29 is 5.11 Å². The van der Waals surface area contributed by atoms with Crippen LogP contribution in [0.1, 0.15) is 24.0 Å². The fraction of sp³-hybridized carbons (Fsp3) is 0.261. The van der Waals surface area contributed by atoms with E-state index in [1.165, 1.54) is 5.56 Å². The zero-order valence-electron chi connectivity index (χ0n) is 17.8. The SMILES string of the molecule is Cc1cccc(/C=N/Nc2nc(N3CCC(O)CC3)nc3c2ncn3-c2cccnc2)c1. The van der Waals surface area contributed by atoms with E-state index >= 15 is 0 Å². The number of hydrogen-bond donors (Lipinski definition) is 2. The van der Waals surface area contributed by atoms with Crippen molar-refractivity contribution in [2.45, 2.75) is 25.9 Å². The number of benzene rings is 1. The molecule has 2 N–H and O–H groups in total. The Bertz CT molecular complexity index is 1250. The number of aliphatic hydroxyl groups is 1. The number of hydrogen-bond acceptors (Lipinski definition) is 8. The Balaban J connectivity index is 1.53. The molecule has 0 bridgehead atoms. The fourth-order valence-corrected chi connectivity index (χ4v) is 3.78. The number of pyridine rings is 1. The van der Waals surface area contributed by atoms with E-state index in [1.54, 1.807) is 24.9 Å². The van der Waals surface area contributed by atoms with Gasteiger partial charge in [-0.1, -0.05) is 29.8 Å². The van der Waals surface area contributed by atoms with Crippen LogP contribution in [0.4, 0.5) is 11.8 Å². The van der Waals surface area contributed by atoms with Crippen LogP contribution in [0.3, 0.4) is 0 Å². The van der Waals surface area contributed by atoms with Gasteiger partial charge < -0.3 is 10.0 Å². The van der Waals surface area contributed by atoms with Crippen molar-refractivity contribution in [1.82, 2.24) is 24.5 Å². The van der Waals surface area contributed by atoms with E-state index in [9.17, 15) is 5.11 Å². The number of fused-ring (bicyclic) bond motifs is 1. The molecule has 3 aromatic heterocycles. The van der Waals surface area contributed by atoms with Crippen molar-refractivity contribution in [3.05, 3.63) is 66.2 Å². The second kappa shape index (κ2) is 8.72. The minimum atomic E-state index is -0.271. The van der Waals surface area contributed by atoms with Crippen molar-refractivity contribution in [2.24, 2.45) is 5.10 Å². The van der Waals surface area contributed by atoms with E-state index in [0.29, 0.717) is 48.9 Å². The Morgan fingerprint density at radius 2 is 2.03 bits per heavy atom. The third-order valence-electron chi connectivity index (χ3n) is 5.48. The van der Waals surface area contributed by atoms with Crippen LogP contribution in [0.25, 0.3) is 16.9 Å². The molecule has 1 saturated heterocycles. The summed E-state index contributed by atoms with van der Waals surface area (Å²) >= 11 is 0. The number of piperidine rings is 1. The lowest BCUT2D eigenvalue weighted by Gasteiger charge is -2.29. The van der Waals surface area contributed by atoms with Gasteiger partial charge in [0.05, 0.1) is 24.2 Å². The van der Waals surface area contributed by atoms with Crippen LogP contribution in [-0.2, 0) is 0 Å². The normalized spacial score (nSPS) is 15.0. The molecule has 0 atom stereocenters. The summed E-state index contributed by atoms with van der Waals surface area (Å²) in [4.78, 5) is 20.4. The summed E-state index contributed by atoms with van der Waals surface area (Å²) in [6.45, 7) is 3.44. The highest BCUT2D eigenvalue weighted by Gasteiger charge is 2.22. The van der Waals surface area contributed by atoms with Crippen LogP contribution in [0.5, 0.6) is 0 Å². The molecule has 5 rings (SSSR count). The van der Waals surface area contributed by atoms with Gasteiger partial charge in [-0.2, -0.15) is 15.1 Å². The lowest BCUT2D eigenvalue weighted by atomic mass is 10.1. The summed E-state index contributed by atoms with van der Waals surface area (Å²) in [6.07, 6.45) is 8.09. The monoisotopic (exact) mass is 428 g/mol. The van der Waals surface area contributed by atoms with Crippen LogP contribution in [-0.4, -0.2) is 55.0 Å². The zero-order valence-corrected chi connectivity index (χ0v) is 17.8. The van der Waals surface area contributed by atoms with Crippen molar-refractivity contribution in [2.75, 3.05) is 23.4 Å². The largest absolute Gasteiger partial charge is 0.393 e. The first-order valence-corrected chi connectivity index (χ1v) is 10.6. The van der Waals surface area contributed by atoms with Gasteiger partial charge in [-0.05, 0) is 37.5 Å². The van der Waals surface area contributed by atoms with Gasteiger partial charge in [0.15, 0.2) is 17.0 Å². The van der Waals surface area contributed by atoms with Gasteiger partial charge >= 0.3 is 0 Å². The highest BCUT2D eigenvalue weighted by Crippen LogP contribution is 2.26. The molecule has 4 aromatic rings. The van der Waals surface area contributed by atoms with Gasteiger partial charge in [-0.25, -0.2) is 4.98 Å². The molecule has 9 heteroatoms. The maximum Gasteiger partial charge on any atom is 0.229 e. The molecule has 0 radical (unpaired) electrons. The minimum absolute atomic E-state index is 0.271. The molecule has 0 saturated carbocycles. The van der Waals surface area contributed by atoms with E-state index in [2.05, 4.69) is 31.5 Å². The standard InChI is InChI=1S/C23H24N8O/c1-16-4-2-5-17(12-16)13-26-29-21-20-22(31(15-25-20)18-6-3-9-24-14-18)28-23(27-21)30-10-7-19(32)8-11-30/h2-6,9,12-15,19,32H,7-8,10-11H2,1H3,(H,27,28,29)/b26-13+. The van der Waals surface area contributed by atoms with Gasteiger partial charge in [-0.15, -0.1) is 0 Å². The van der Waals surface area contributed by atoms with E-state index in [4.69, 9.17) is 9.97 Å². The number of imidazole rings is 1. The van der Waals surface area contributed by atoms with Gasteiger partial charge in [-0.3, -0.25) is 15.0 Å². The predicted molar refractivity (Wildman–Crippen MR) is 124 cm³/mol. The molecule has 0 amide bonds. The average Bonchev–Trinajstić information content (AvgIpc) is 3.24. The second-order valence-electron chi connectivity index (χ2n) is 7.87. The molecule has 0 aliphatic carbocycles. The second-order valence-corrected chi connectivity index (χ2v) is 7.87.